The second kappa shape index (κ2) is 4.30. The van der Waals surface area contributed by atoms with Crippen molar-refractivity contribution in [2.45, 2.75) is 43.5 Å². The number of halogens is 1. The summed E-state index contributed by atoms with van der Waals surface area (Å²) in [5.41, 5.74) is 0.580. The Morgan fingerprint density at radius 1 is 1.35 bits per heavy atom. The van der Waals surface area contributed by atoms with Crippen molar-refractivity contribution in [1.29, 1.82) is 0 Å². The lowest BCUT2D eigenvalue weighted by Crippen LogP contribution is -2.29. The van der Waals surface area contributed by atoms with Crippen molar-refractivity contribution in [3.05, 3.63) is 17.1 Å². The number of aryl methyl sites for hydroxylation is 2. The second-order valence-electron chi connectivity index (χ2n) is 4.41. The number of furan rings is 1. The summed E-state index contributed by atoms with van der Waals surface area (Å²) >= 11 is 5.81. The van der Waals surface area contributed by atoms with E-state index in [1.807, 2.05) is 0 Å². The molecule has 4 nitrogen and oxygen atoms in total. The molecule has 0 aromatic carbocycles. The first-order valence-corrected chi connectivity index (χ1v) is 7.50. The van der Waals surface area contributed by atoms with Gasteiger partial charge in [0.25, 0.3) is 0 Å². The zero-order valence-electron chi connectivity index (χ0n) is 10.2. The normalized spacial score (nSPS) is 16.8. The van der Waals surface area contributed by atoms with E-state index in [1.54, 1.807) is 20.9 Å². The molecule has 1 aromatic rings. The summed E-state index contributed by atoms with van der Waals surface area (Å²) in [7, 11) is -1.86. The molecule has 17 heavy (non-hydrogen) atoms. The fourth-order valence-corrected chi connectivity index (χ4v) is 4.21. The van der Waals surface area contributed by atoms with E-state index < -0.39 is 10.0 Å². The van der Waals surface area contributed by atoms with Crippen molar-refractivity contribution in [3.8, 4) is 0 Å². The van der Waals surface area contributed by atoms with Crippen molar-refractivity contribution < 1.29 is 12.8 Å². The van der Waals surface area contributed by atoms with Crippen LogP contribution in [0.15, 0.2) is 9.31 Å². The fraction of sp³-hybridized carbons (Fsp3) is 0.636. The third-order valence-corrected chi connectivity index (χ3v) is 5.53. The smallest absolute Gasteiger partial charge is 0.246 e. The van der Waals surface area contributed by atoms with E-state index in [0.717, 1.165) is 12.8 Å². The molecule has 1 aromatic heterocycles. The summed E-state index contributed by atoms with van der Waals surface area (Å²) in [5.74, 6) is 1.15. The third kappa shape index (κ3) is 2.11. The van der Waals surface area contributed by atoms with Crippen molar-refractivity contribution >= 4 is 21.6 Å². The van der Waals surface area contributed by atoms with Crippen LogP contribution in [0, 0.1) is 13.8 Å². The highest BCUT2D eigenvalue weighted by Crippen LogP contribution is 2.35. The first-order chi connectivity index (χ1) is 7.89. The van der Waals surface area contributed by atoms with Crippen molar-refractivity contribution in [3.63, 3.8) is 0 Å². The number of nitrogens with zero attached hydrogens (tertiary/aromatic N) is 1. The molecule has 0 saturated heterocycles. The highest BCUT2D eigenvalue weighted by molar-refractivity contribution is 7.89. The van der Waals surface area contributed by atoms with Gasteiger partial charge in [-0.25, -0.2) is 8.42 Å². The topological polar surface area (TPSA) is 50.5 Å². The maximum absolute atomic E-state index is 12.4. The zero-order chi connectivity index (χ0) is 12.8. The van der Waals surface area contributed by atoms with Gasteiger partial charge in [0.2, 0.25) is 10.0 Å². The average molecular weight is 278 g/mol. The van der Waals surface area contributed by atoms with Crippen LogP contribution in [0.1, 0.15) is 29.9 Å². The Bertz CT molecular complexity index is 531. The summed E-state index contributed by atoms with van der Waals surface area (Å²) in [6.45, 7) is 3.40. The number of hydrogen-bond donors (Lipinski definition) is 0. The first kappa shape index (κ1) is 12.9. The second-order valence-corrected chi connectivity index (χ2v) is 6.61. The monoisotopic (exact) mass is 277 g/mol. The van der Waals surface area contributed by atoms with Crippen LogP contribution < -0.4 is 0 Å². The molecule has 0 amide bonds. The quantitative estimate of drug-likeness (QED) is 0.794. The van der Waals surface area contributed by atoms with Crippen LogP contribution in [0.25, 0.3) is 0 Å². The molecule has 0 bridgehead atoms. The number of hydrogen-bond acceptors (Lipinski definition) is 3. The van der Waals surface area contributed by atoms with Crippen LogP contribution in [0.4, 0.5) is 0 Å². The van der Waals surface area contributed by atoms with Gasteiger partial charge in [-0.2, -0.15) is 4.31 Å². The molecule has 6 heteroatoms. The summed E-state index contributed by atoms with van der Waals surface area (Å²) in [6, 6.07) is 0.137. The minimum Gasteiger partial charge on any atom is -0.465 e. The van der Waals surface area contributed by atoms with E-state index in [1.165, 1.54) is 4.31 Å². The van der Waals surface area contributed by atoms with E-state index in [9.17, 15) is 8.42 Å². The van der Waals surface area contributed by atoms with E-state index in [2.05, 4.69) is 0 Å². The van der Waals surface area contributed by atoms with Gasteiger partial charge < -0.3 is 4.42 Å². The molecule has 0 aliphatic heterocycles. The van der Waals surface area contributed by atoms with Crippen LogP contribution in [0.2, 0.25) is 0 Å². The van der Waals surface area contributed by atoms with Crippen LogP contribution in [0.3, 0.4) is 0 Å². The Labute approximate surface area is 107 Å². The summed E-state index contributed by atoms with van der Waals surface area (Å²) in [5, 5.41) is 0. The summed E-state index contributed by atoms with van der Waals surface area (Å²) < 4.78 is 31.7. The summed E-state index contributed by atoms with van der Waals surface area (Å²) in [4.78, 5) is 0.249. The van der Waals surface area contributed by atoms with Gasteiger partial charge in [0.15, 0.2) is 0 Å². The minimum atomic E-state index is -3.47. The lowest BCUT2D eigenvalue weighted by molar-refractivity contribution is 0.457. The van der Waals surface area contributed by atoms with Crippen LogP contribution in [-0.4, -0.2) is 25.8 Å². The molecule has 1 aliphatic rings. The van der Waals surface area contributed by atoms with Gasteiger partial charge in [-0.3, -0.25) is 0 Å². The molecule has 0 radical (unpaired) electrons. The molecule has 96 valence electrons. The lowest BCUT2D eigenvalue weighted by Gasteiger charge is -2.16. The van der Waals surface area contributed by atoms with Crippen molar-refractivity contribution in [2.75, 3.05) is 7.05 Å². The van der Waals surface area contributed by atoms with Crippen LogP contribution >= 0.6 is 11.6 Å². The lowest BCUT2D eigenvalue weighted by atomic mass is 10.3. The van der Waals surface area contributed by atoms with E-state index in [0.29, 0.717) is 17.1 Å². The van der Waals surface area contributed by atoms with Crippen LogP contribution in [-0.2, 0) is 15.9 Å². The van der Waals surface area contributed by atoms with Crippen molar-refractivity contribution in [2.24, 2.45) is 0 Å². The number of rotatable bonds is 4. The maximum Gasteiger partial charge on any atom is 0.246 e. The van der Waals surface area contributed by atoms with Gasteiger partial charge in [-0.1, -0.05) is 0 Å². The Kier molecular flexibility index (Phi) is 3.27. The predicted molar refractivity (Wildman–Crippen MR) is 65.7 cm³/mol. The van der Waals surface area contributed by atoms with E-state index >= 15 is 0 Å². The predicted octanol–water partition coefficient (Wildman–Crippen LogP) is 2.42. The van der Waals surface area contributed by atoms with Gasteiger partial charge in [0.1, 0.15) is 16.4 Å². The van der Waals surface area contributed by atoms with E-state index in [-0.39, 0.29) is 16.8 Å². The van der Waals surface area contributed by atoms with Crippen LogP contribution in [0.5, 0.6) is 0 Å². The molecule has 1 saturated carbocycles. The fourth-order valence-electron chi connectivity index (χ4n) is 1.98. The molecule has 1 fully saturated rings. The Hall–Kier alpha value is -0.520. The van der Waals surface area contributed by atoms with E-state index in [4.69, 9.17) is 16.0 Å². The highest BCUT2D eigenvalue weighted by atomic mass is 35.5. The van der Waals surface area contributed by atoms with Gasteiger partial charge in [-0.15, -0.1) is 11.6 Å². The summed E-state index contributed by atoms with van der Waals surface area (Å²) in [6.07, 6.45) is 1.86. The molecule has 1 heterocycles. The molecular formula is C11H16ClNO3S. The van der Waals surface area contributed by atoms with Gasteiger partial charge in [0.05, 0.1) is 5.88 Å². The van der Waals surface area contributed by atoms with Gasteiger partial charge in [-0.05, 0) is 26.7 Å². The highest BCUT2D eigenvalue weighted by Gasteiger charge is 2.38. The Balaban J connectivity index is 2.52. The molecule has 0 N–H and O–H groups in total. The average Bonchev–Trinajstić information content (AvgIpc) is 3.03. The first-order valence-electron chi connectivity index (χ1n) is 5.52. The Morgan fingerprint density at radius 3 is 2.41 bits per heavy atom. The largest absolute Gasteiger partial charge is 0.465 e. The van der Waals surface area contributed by atoms with Crippen molar-refractivity contribution in [1.82, 2.24) is 4.31 Å². The Morgan fingerprint density at radius 2 is 1.94 bits per heavy atom. The maximum atomic E-state index is 12.4. The molecule has 2 rings (SSSR count). The molecule has 0 unspecified atom stereocenters. The third-order valence-electron chi connectivity index (χ3n) is 3.16. The van der Waals surface area contributed by atoms with Gasteiger partial charge in [0, 0.05) is 18.7 Å². The zero-order valence-corrected chi connectivity index (χ0v) is 11.7. The molecule has 1 aliphatic carbocycles. The molecular weight excluding hydrogens is 262 g/mol. The minimum absolute atomic E-state index is 0.137. The molecule has 0 spiro atoms. The number of sulfonamides is 1. The van der Waals surface area contributed by atoms with Gasteiger partial charge >= 0.3 is 0 Å². The SMILES string of the molecule is Cc1oc(C)c(S(=O)(=O)N(C)C2CC2)c1CCl. The molecule has 0 atom stereocenters. The standard InChI is InChI=1S/C11H16ClNO3S/c1-7-10(6-12)11(8(2)16-7)17(14,15)13(3)9-4-5-9/h9H,4-6H2,1-3H3. The number of alkyl halides is 1.